The maximum absolute atomic E-state index is 13.3. The zero-order valence-electron chi connectivity index (χ0n) is 16.3. The summed E-state index contributed by atoms with van der Waals surface area (Å²) in [6.07, 6.45) is 0.417. The Morgan fingerprint density at radius 1 is 1.14 bits per heavy atom. The molecule has 1 unspecified atom stereocenters. The first-order valence-electron chi connectivity index (χ1n) is 9.70. The molecule has 0 fully saturated rings. The summed E-state index contributed by atoms with van der Waals surface area (Å²) in [5.74, 6) is 0.115. The number of fused-ring (bicyclic) bond motifs is 2. The van der Waals surface area contributed by atoms with Gasteiger partial charge in [0, 0.05) is 18.2 Å². The number of amides is 1. The SMILES string of the molecule is CC(C)c1ccc(C2c3c(oc4ccc(Cl)cc4c3=O)C(=O)N2CCCO)cc1. The third-order valence-corrected chi connectivity index (χ3v) is 5.64. The molecule has 0 aliphatic carbocycles. The van der Waals surface area contributed by atoms with Crippen LogP contribution in [0.15, 0.2) is 51.7 Å². The van der Waals surface area contributed by atoms with Gasteiger partial charge in [0.1, 0.15) is 5.58 Å². The second-order valence-corrected chi connectivity index (χ2v) is 8.05. The summed E-state index contributed by atoms with van der Waals surface area (Å²) in [7, 11) is 0. The summed E-state index contributed by atoms with van der Waals surface area (Å²) in [6, 6.07) is 12.2. The van der Waals surface area contributed by atoms with Crippen LogP contribution in [0.1, 0.15) is 59.5 Å². The van der Waals surface area contributed by atoms with Crippen LogP contribution in [0.3, 0.4) is 0 Å². The number of carbonyl (C=O) groups is 1. The number of halogens is 1. The van der Waals surface area contributed by atoms with Gasteiger partial charge in [-0.3, -0.25) is 9.59 Å². The Bertz CT molecular complexity index is 1130. The van der Waals surface area contributed by atoms with E-state index in [1.807, 2.05) is 24.3 Å². The number of aliphatic hydroxyl groups is 1. The second kappa shape index (κ2) is 7.65. The Hall–Kier alpha value is -2.63. The summed E-state index contributed by atoms with van der Waals surface area (Å²) in [4.78, 5) is 28.1. The fraction of sp³-hybridized carbons (Fsp3) is 0.304. The van der Waals surface area contributed by atoms with Crippen molar-refractivity contribution >= 4 is 28.5 Å². The van der Waals surface area contributed by atoms with Gasteiger partial charge in [-0.2, -0.15) is 0 Å². The number of rotatable bonds is 5. The predicted octanol–water partition coefficient (Wildman–Crippen LogP) is 4.50. The van der Waals surface area contributed by atoms with E-state index in [4.69, 9.17) is 16.0 Å². The minimum atomic E-state index is -0.551. The van der Waals surface area contributed by atoms with Gasteiger partial charge in [-0.1, -0.05) is 49.7 Å². The average molecular weight is 412 g/mol. The summed E-state index contributed by atoms with van der Waals surface area (Å²) < 4.78 is 5.86. The largest absolute Gasteiger partial charge is 0.450 e. The number of carbonyl (C=O) groups excluding carboxylic acids is 1. The van der Waals surface area contributed by atoms with Gasteiger partial charge in [0.25, 0.3) is 5.91 Å². The van der Waals surface area contributed by atoms with E-state index in [1.54, 1.807) is 23.1 Å². The van der Waals surface area contributed by atoms with Crippen LogP contribution in [-0.4, -0.2) is 29.1 Å². The van der Waals surface area contributed by atoms with Crippen molar-refractivity contribution in [2.75, 3.05) is 13.2 Å². The molecule has 1 aromatic heterocycles. The van der Waals surface area contributed by atoms with Crippen molar-refractivity contribution in [2.45, 2.75) is 32.2 Å². The number of hydrogen-bond acceptors (Lipinski definition) is 4. The molecule has 1 atom stereocenters. The standard InChI is InChI=1S/C23H22ClNO4/c1-13(2)14-4-6-15(7-5-14)20-19-21(27)17-12-16(24)8-9-18(17)29-22(19)23(28)25(20)10-3-11-26/h4-9,12-13,20,26H,3,10-11H2,1-2H3. The Kier molecular flexibility index (Phi) is 5.19. The fourth-order valence-electron chi connectivity index (χ4n) is 3.87. The molecular weight excluding hydrogens is 390 g/mol. The molecule has 3 aromatic rings. The van der Waals surface area contributed by atoms with Crippen molar-refractivity contribution < 1.29 is 14.3 Å². The van der Waals surface area contributed by atoms with Gasteiger partial charge in [-0.15, -0.1) is 0 Å². The van der Waals surface area contributed by atoms with Crippen molar-refractivity contribution in [3.8, 4) is 0 Å². The first kappa shape index (κ1) is 19.7. The highest BCUT2D eigenvalue weighted by Crippen LogP contribution is 2.38. The van der Waals surface area contributed by atoms with Crippen LogP contribution in [-0.2, 0) is 0 Å². The Balaban J connectivity index is 1.92. The van der Waals surface area contributed by atoms with Gasteiger partial charge < -0.3 is 14.4 Å². The van der Waals surface area contributed by atoms with Crippen LogP contribution in [0.25, 0.3) is 11.0 Å². The topological polar surface area (TPSA) is 70.8 Å². The molecule has 4 rings (SSSR count). The molecule has 2 heterocycles. The summed E-state index contributed by atoms with van der Waals surface area (Å²) in [6.45, 7) is 4.51. The first-order chi connectivity index (χ1) is 13.9. The molecule has 0 saturated carbocycles. The molecule has 1 aliphatic rings. The third-order valence-electron chi connectivity index (χ3n) is 5.40. The molecule has 29 heavy (non-hydrogen) atoms. The van der Waals surface area contributed by atoms with Gasteiger partial charge in [-0.05, 0) is 41.7 Å². The van der Waals surface area contributed by atoms with Gasteiger partial charge in [0.2, 0.25) is 5.76 Å². The second-order valence-electron chi connectivity index (χ2n) is 7.61. The van der Waals surface area contributed by atoms with Crippen molar-refractivity contribution in [1.29, 1.82) is 0 Å². The lowest BCUT2D eigenvalue weighted by Gasteiger charge is -2.25. The smallest absolute Gasteiger partial charge is 0.290 e. The molecule has 1 N–H and O–H groups in total. The van der Waals surface area contributed by atoms with Crippen molar-refractivity contribution in [3.63, 3.8) is 0 Å². The molecule has 0 radical (unpaired) electrons. The fourth-order valence-corrected chi connectivity index (χ4v) is 4.05. The van der Waals surface area contributed by atoms with Crippen LogP contribution in [0.2, 0.25) is 5.02 Å². The van der Waals surface area contributed by atoms with Crippen molar-refractivity contribution in [1.82, 2.24) is 4.90 Å². The van der Waals surface area contributed by atoms with E-state index in [1.165, 1.54) is 5.56 Å². The highest BCUT2D eigenvalue weighted by atomic mass is 35.5. The lowest BCUT2D eigenvalue weighted by atomic mass is 9.95. The third kappa shape index (κ3) is 3.34. The molecule has 6 heteroatoms. The summed E-state index contributed by atoms with van der Waals surface area (Å²) >= 11 is 6.08. The molecule has 0 saturated heterocycles. The average Bonchev–Trinajstić information content (AvgIpc) is 2.99. The molecule has 1 amide bonds. The molecule has 0 bridgehead atoms. The number of aliphatic hydroxyl groups excluding tert-OH is 1. The quantitative estimate of drug-likeness (QED) is 0.671. The minimum absolute atomic E-state index is 0.0436. The Morgan fingerprint density at radius 2 is 1.86 bits per heavy atom. The summed E-state index contributed by atoms with van der Waals surface area (Å²) in [5.41, 5.74) is 2.44. The van der Waals surface area contributed by atoms with Crippen LogP contribution >= 0.6 is 11.6 Å². The molecule has 1 aliphatic heterocycles. The van der Waals surface area contributed by atoms with Crippen molar-refractivity contribution in [2.24, 2.45) is 0 Å². The van der Waals surface area contributed by atoms with E-state index in [-0.39, 0.29) is 23.7 Å². The van der Waals surface area contributed by atoms with Gasteiger partial charge in [-0.25, -0.2) is 0 Å². The molecule has 5 nitrogen and oxygen atoms in total. The zero-order valence-corrected chi connectivity index (χ0v) is 17.1. The van der Waals surface area contributed by atoms with E-state index in [2.05, 4.69) is 13.8 Å². The van der Waals surface area contributed by atoms with Gasteiger partial charge in [0.05, 0.1) is 17.0 Å². The normalized spacial score (nSPS) is 16.1. The van der Waals surface area contributed by atoms with E-state index in [0.29, 0.717) is 40.4 Å². The van der Waals surface area contributed by atoms with Crippen LogP contribution < -0.4 is 5.43 Å². The van der Waals surface area contributed by atoms with E-state index >= 15 is 0 Å². The van der Waals surface area contributed by atoms with Crippen molar-refractivity contribution in [3.05, 3.63) is 80.2 Å². The maximum Gasteiger partial charge on any atom is 0.290 e. The monoisotopic (exact) mass is 411 g/mol. The minimum Gasteiger partial charge on any atom is -0.450 e. The number of nitrogens with zero attached hydrogens (tertiary/aromatic N) is 1. The highest BCUT2D eigenvalue weighted by Gasteiger charge is 2.42. The maximum atomic E-state index is 13.3. The van der Waals surface area contributed by atoms with Crippen LogP contribution in [0, 0.1) is 0 Å². The van der Waals surface area contributed by atoms with Gasteiger partial charge >= 0.3 is 0 Å². The number of benzene rings is 2. The molecule has 150 valence electrons. The van der Waals surface area contributed by atoms with E-state index in [9.17, 15) is 14.7 Å². The lowest BCUT2D eigenvalue weighted by molar-refractivity contribution is 0.0716. The van der Waals surface area contributed by atoms with Crippen LogP contribution in [0.5, 0.6) is 0 Å². The first-order valence-corrected chi connectivity index (χ1v) is 10.1. The lowest BCUT2D eigenvalue weighted by Crippen LogP contribution is -2.31. The zero-order chi connectivity index (χ0) is 20.7. The summed E-state index contributed by atoms with van der Waals surface area (Å²) in [5, 5.41) is 10.1. The van der Waals surface area contributed by atoms with Crippen LogP contribution in [0.4, 0.5) is 0 Å². The van der Waals surface area contributed by atoms with Gasteiger partial charge in [0.15, 0.2) is 5.43 Å². The molecular formula is C23H22ClNO4. The highest BCUT2D eigenvalue weighted by molar-refractivity contribution is 6.31. The predicted molar refractivity (Wildman–Crippen MR) is 113 cm³/mol. The number of hydrogen-bond donors (Lipinski definition) is 1. The van der Waals surface area contributed by atoms with E-state index in [0.717, 1.165) is 5.56 Å². The molecule has 2 aromatic carbocycles. The molecule has 0 spiro atoms. The Labute approximate surface area is 173 Å². The Morgan fingerprint density at radius 3 is 2.52 bits per heavy atom. The van der Waals surface area contributed by atoms with E-state index < -0.39 is 6.04 Å².